The molecular formula is C31H28F3N5O4. The first-order valence-corrected chi connectivity index (χ1v) is 14.0. The van der Waals surface area contributed by atoms with Gasteiger partial charge in [-0.05, 0) is 43.0 Å². The highest BCUT2D eigenvalue weighted by atomic mass is 19.1. The van der Waals surface area contributed by atoms with Crippen molar-refractivity contribution >= 4 is 27.5 Å². The van der Waals surface area contributed by atoms with E-state index in [0.29, 0.717) is 18.4 Å². The minimum atomic E-state index is -0.955. The summed E-state index contributed by atoms with van der Waals surface area (Å²) in [4.78, 5) is 17.2. The van der Waals surface area contributed by atoms with Crippen LogP contribution < -0.4 is 14.4 Å². The molecule has 0 bridgehead atoms. The third-order valence-electron chi connectivity index (χ3n) is 8.90. The molecule has 3 aliphatic heterocycles. The zero-order valence-electron chi connectivity index (χ0n) is 23.3. The number of terminal acetylenes is 1. The molecule has 2 aromatic carbocycles. The summed E-state index contributed by atoms with van der Waals surface area (Å²) < 4.78 is 57.9. The number of fused-ring (bicyclic) bond motifs is 2. The van der Waals surface area contributed by atoms with Crippen LogP contribution in [-0.4, -0.2) is 87.8 Å². The van der Waals surface area contributed by atoms with E-state index >= 15 is 4.39 Å². The van der Waals surface area contributed by atoms with Crippen LogP contribution in [0.15, 0.2) is 24.3 Å². The predicted octanol–water partition coefficient (Wildman–Crippen LogP) is 3.95. The minimum absolute atomic E-state index is 0.00625. The zero-order valence-corrected chi connectivity index (χ0v) is 23.3. The summed E-state index contributed by atoms with van der Waals surface area (Å²) in [7, 11) is 1.68. The van der Waals surface area contributed by atoms with Crippen molar-refractivity contribution in [1.29, 1.82) is 0 Å². The predicted molar refractivity (Wildman–Crippen MR) is 153 cm³/mol. The summed E-state index contributed by atoms with van der Waals surface area (Å²) in [6.45, 7) is 0.942. The van der Waals surface area contributed by atoms with Crippen LogP contribution in [0.1, 0.15) is 24.8 Å². The first-order chi connectivity index (χ1) is 20.7. The number of phenols is 1. The number of alkyl halides is 1. The molecule has 9 nitrogen and oxygen atoms in total. The van der Waals surface area contributed by atoms with Gasteiger partial charge < -0.3 is 24.6 Å². The highest BCUT2D eigenvalue weighted by Gasteiger charge is 2.49. The number of aliphatic hydroxyl groups is 1. The number of likely N-dealkylation sites (N-methyl/N-ethyl adjacent to an activating group) is 1. The van der Waals surface area contributed by atoms with Crippen molar-refractivity contribution in [2.24, 2.45) is 0 Å². The van der Waals surface area contributed by atoms with Crippen molar-refractivity contribution in [1.82, 2.24) is 19.9 Å². The number of nitrogens with zero attached hydrogens (tertiary/aromatic N) is 5. The number of aromatic nitrogens is 3. The summed E-state index contributed by atoms with van der Waals surface area (Å²) in [6.07, 6.45) is 6.71. The van der Waals surface area contributed by atoms with Crippen LogP contribution in [0.3, 0.4) is 0 Å². The summed E-state index contributed by atoms with van der Waals surface area (Å²) in [6, 6.07) is 4.58. The Kier molecular flexibility index (Phi) is 6.48. The number of anilines is 1. The fourth-order valence-electron chi connectivity index (χ4n) is 6.74. The van der Waals surface area contributed by atoms with Crippen LogP contribution in [0.4, 0.5) is 19.0 Å². The fourth-order valence-corrected chi connectivity index (χ4v) is 6.74. The number of rotatable bonds is 5. The Morgan fingerprint density at radius 3 is 2.84 bits per heavy atom. The first kappa shape index (κ1) is 27.5. The van der Waals surface area contributed by atoms with Crippen LogP contribution in [0.25, 0.3) is 32.9 Å². The molecule has 0 aliphatic carbocycles. The van der Waals surface area contributed by atoms with Crippen molar-refractivity contribution in [3.63, 3.8) is 0 Å². The first-order valence-electron chi connectivity index (χ1n) is 14.0. The van der Waals surface area contributed by atoms with Gasteiger partial charge in [-0.3, -0.25) is 4.90 Å². The maximum atomic E-state index is 16.7. The second-order valence-electron chi connectivity index (χ2n) is 11.4. The van der Waals surface area contributed by atoms with E-state index in [1.54, 1.807) is 11.9 Å². The smallest absolute Gasteiger partial charge is 0.319 e. The van der Waals surface area contributed by atoms with Gasteiger partial charge in [-0.15, -0.1) is 6.42 Å². The van der Waals surface area contributed by atoms with Crippen LogP contribution in [0.2, 0.25) is 0 Å². The van der Waals surface area contributed by atoms with Crippen molar-refractivity contribution in [2.45, 2.75) is 37.0 Å². The molecule has 43 heavy (non-hydrogen) atoms. The Bertz CT molecular complexity index is 1830. The topological polar surface area (TPSA) is 104 Å². The Morgan fingerprint density at radius 1 is 1.21 bits per heavy atom. The molecule has 3 atom stereocenters. The van der Waals surface area contributed by atoms with Gasteiger partial charge in [0.25, 0.3) is 0 Å². The van der Waals surface area contributed by atoms with Gasteiger partial charge in [0.15, 0.2) is 5.82 Å². The molecule has 12 heteroatoms. The van der Waals surface area contributed by atoms with Crippen LogP contribution in [0.5, 0.6) is 17.6 Å². The second-order valence-corrected chi connectivity index (χ2v) is 11.4. The van der Waals surface area contributed by atoms with Gasteiger partial charge in [0.2, 0.25) is 5.88 Å². The summed E-state index contributed by atoms with van der Waals surface area (Å²) >= 11 is 0. The lowest BCUT2D eigenvalue weighted by molar-refractivity contribution is 0.107. The van der Waals surface area contributed by atoms with E-state index in [1.165, 1.54) is 24.3 Å². The van der Waals surface area contributed by atoms with E-state index in [0.717, 1.165) is 19.4 Å². The average molecular weight is 592 g/mol. The molecule has 0 spiro atoms. The van der Waals surface area contributed by atoms with Gasteiger partial charge in [0.05, 0.1) is 23.8 Å². The summed E-state index contributed by atoms with van der Waals surface area (Å²) in [5.74, 6) is 0.761. The number of halogens is 3. The lowest BCUT2D eigenvalue weighted by Crippen LogP contribution is -2.43. The molecule has 0 radical (unpaired) electrons. The Labute approximate surface area is 244 Å². The second kappa shape index (κ2) is 10.1. The standard InChI is InChI=1S/C31H28F3N5O4/c1-3-20-22(33)6-5-16-9-19(41)10-21(23(16)20)26-25(34)27-24-28(38(2)18(13-40)14-42-29(24)35-26)37-30(36-27)43-15-31-7-4-8-39(31)12-17(32)11-31/h1,5-6,9-10,17-18,40-41H,4,7-8,11-15H2,2H3/t17-,18-,31+/m1/s1. The number of ether oxygens (including phenoxy) is 2. The van der Waals surface area contributed by atoms with E-state index in [-0.39, 0.29) is 76.4 Å². The maximum Gasteiger partial charge on any atom is 0.319 e. The zero-order chi connectivity index (χ0) is 30.0. The largest absolute Gasteiger partial charge is 0.508 e. The van der Waals surface area contributed by atoms with E-state index < -0.39 is 29.4 Å². The van der Waals surface area contributed by atoms with Crippen LogP contribution in [-0.2, 0) is 0 Å². The van der Waals surface area contributed by atoms with Crippen molar-refractivity contribution < 1.29 is 32.9 Å². The molecule has 2 aromatic heterocycles. The normalized spacial score (nSPS) is 23.3. The highest BCUT2D eigenvalue weighted by molar-refractivity contribution is 6.04. The number of phenolic OH excluding ortho intramolecular Hbond substituents is 1. The van der Waals surface area contributed by atoms with Gasteiger partial charge in [0, 0.05) is 31.0 Å². The van der Waals surface area contributed by atoms with E-state index in [9.17, 15) is 19.0 Å². The molecule has 0 saturated carbocycles. The number of aromatic hydroxyl groups is 1. The molecular weight excluding hydrogens is 563 g/mol. The van der Waals surface area contributed by atoms with Gasteiger partial charge in [-0.1, -0.05) is 12.0 Å². The molecule has 2 N–H and O–H groups in total. The van der Waals surface area contributed by atoms with Gasteiger partial charge in [-0.25, -0.2) is 18.2 Å². The third kappa shape index (κ3) is 4.29. The molecule has 2 fully saturated rings. The molecule has 4 aromatic rings. The molecule has 5 heterocycles. The number of benzene rings is 2. The molecule has 0 unspecified atom stereocenters. The average Bonchev–Trinajstić information content (AvgIpc) is 3.48. The SMILES string of the molecule is C#Cc1c(F)ccc2cc(O)cc(-c3nc4c5c(nc(OC[C@@]67CCCN6C[C@H](F)C7)nc5c3F)N(C)[C@H](CO)CO4)c12. The van der Waals surface area contributed by atoms with Crippen molar-refractivity contribution in [2.75, 3.05) is 44.9 Å². The minimum Gasteiger partial charge on any atom is -0.508 e. The number of hydrogen-bond acceptors (Lipinski definition) is 9. The Morgan fingerprint density at radius 2 is 2.05 bits per heavy atom. The van der Waals surface area contributed by atoms with Gasteiger partial charge in [-0.2, -0.15) is 9.97 Å². The van der Waals surface area contributed by atoms with E-state index in [4.69, 9.17) is 15.9 Å². The molecule has 2 saturated heterocycles. The maximum absolute atomic E-state index is 16.7. The third-order valence-corrected chi connectivity index (χ3v) is 8.90. The molecule has 7 rings (SSSR count). The molecule has 0 amide bonds. The number of aliphatic hydroxyl groups excluding tert-OH is 1. The van der Waals surface area contributed by atoms with Crippen molar-refractivity contribution in [3.05, 3.63) is 41.5 Å². The van der Waals surface area contributed by atoms with Gasteiger partial charge in [0.1, 0.15) is 53.4 Å². The highest BCUT2D eigenvalue weighted by Crippen LogP contribution is 2.44. The van der Waals surface area contributed by atoms with E-state index in [2.05, 4.69) is 25.8 Å². The lowest BCUT2D eigenvalue weighted by atomic mass is 9.95. The van der Waals surface area contributed by atoms with Crippen LogP contribution in [0, 0.1) is 24.0 Å². The summed E-state index contributed by atoms with van der Waals surface area (Å²) in [5.41, 5.74) is -1.02. The lowest BCUT2D eigenvalue weighted by Gasteiger charge is -2.31. The van der Waals surface area contributed by atoms with Crippen molar-refractivity contribution in [3.8, 4) is 41.2 Å². The molecule has 3 aliphatic rings. The summed E-state index contributed by atoms with van der Waals surface area (Å²) in [5, 5.41) is 21.3. The fraction of sp³-hybridized carbons (Fsp3) is 0.387. The monoisotopic (exact) mass is 591 g/mol. The quantitative estimate of drug-likeness (QED) is 0.334. The number of pyridine rings is 1. The van der Waals surface area contributed by atoms with Crippen LogP contribution >= 0.6 is 0 Å². The number of hydrogen-bond donors (Lipinski definition) is 2. The molecule has 222 valence electrons. The Hall–Kier alpha value is -4.34. The Balaban J connectivity index is 1.43. The van der Waals surface area contributed by atoms with E-state index in [1.807, 2.05) is 0 Å². The van der Waals surface area contributed by atoms with Gasteiger partial charge >= 0.3 is 6.01 Å².